The fraction of sp³-hybridized carbons (Fsp3) is 0.276. The lowest BCUT2D eigenvalue weighted by atomic mass is 9.82. The maximum Gasteiger partial charge on any atom is 0.264 e. The lowest BCUT2D eigenvalue weighted by Crippen LogP contribution is -2.47. The van der Waals surface area contributed by atoms with Gasteiger partial charge in [0.2, 0.25) is 5.91 Å². The highest BCUT2D eigenvalue weighted by atomic mass is 16.2. The summed E-state index contributed by atoms with van der Waals surface area (Å²) in [5.74, 6) is 0.199. The lowest BCUT2D eigenvalue weighted by Gasteiger charge is -2.35. The van der Waals surface area contributed by atoms with Crippen LogP contribution in [-0.4, -0.2) is 47.2 Å². The summed E-state index contributed by atoms with van der Waals surface area (Å²) in [7, 11) is 0. The summed E-state index contributed by atoms with van der Waals surface area (Å²) in [6.45, 7) is 1.76. The van der Waals surface area contributed by atoms with Gasteiger partial charge in [0.1, 0.15) is 0 Å². The number of guanidine groups is 1. The van der Waals surface area contributed by atoms with Gasteiger partial charge in [-0.25, -0.2) is 0 Å². The van der Waals surface area contributed by atoms with E-state index in [1.165, 1.54) is 0 Å². The number of likely N-dealkylation sites (tertiary alicyclic amines) is 1. The van der Waals surface area contributed by atoms with Crippen molar-refractivity contribution in [2.75, 3.05) is 19.6 Å². The molecule has 178 valence electrons. The van der Waals surface area contributed by atoms with Crippen LogP contribution >= 0.6 is 0 Å². The number of nitrogens with zero attached hydrogens (tertiary/aromatic N) is 2. The predicted octanol–water partition coefficient (Wildman–Crippen LogP) is 3.78. The average Bonchev–Trinajstić information content (AvgIpc) is 3.16. The number of amides is 2. The largest absolute Gasteiger partial charge is 0.342 e. The number of nitrogens with one attached hydrogen (secondary N) is 2. The third kappa shape index (κ3) is 4.44. The van der Waals surface area contributed by atoms with E-state index in [1.807, 2.05) is 95.9 Å². The molecule has 2 heterocycles. The third-order valence-electron chi connectivity index (χ3n) is 7.07. The maximum absolute atomic E-state index is 14.0. The highest BCUT2D eigenvalue weighted by molar-refractivity contribution is 6.10. The average molecular weight is 467 g/mol. The molecule has 6 heteroatoms. The van der Waals surface area contributed by atoms with Crippen LogP contribution in [0.4, 0.5) is 0 Å². The number of hydrogen-bond acceptors (Lipinski definition) is 3. The highest BCUT2D eigenvalue weighted by Gasteiger charge is 2.52. The summed E-state index contributed by atoms with van der Waals surface area (Å²) in [5.41, 5.74) is 1.51. The molecule has 2 saturated heterocycles. The van der Waals surface area contributed by atoms with Gasteiger partial charge < -0.3 is 10.2 Å². The monoisotopic (exact) mass is 466 g/mol. The number of carbonyl (C=O) groups is 2. The van der Waals surface area contributed by atoms with Crippen molar-refractivity contribution >= 4 is 17.8 Å². The molecule has 3 aromatic carbocycles. The number of carbonyl (C=O) groups excluding carboxylic acids is 2. The van der Waals surface area contributed by atoms with Crippen molar-refractivity contribution in [3.63, 3.8) is 0 Å². The maximum atomic E-state index is 14.0. The minimum atomic E-state index is -1.13. The number of piperidine rings is 1. The molecule has 3 aromatic rings. The zero-order chi connectivity index (χ0) is 24.3. The van der Waals surface area contributed by atoms with E-state index in [9.17, 15) is 9.59 Å². The Morgan fingerprint density at radius 1 is 0.914 bits per heavy atom. The number of benzene rings is 3. The normalized spacial score (nSPS) is 19.5. The van der Waals surface area contributed by atoms with E-state index in [-0.39, 0.29) is 23.7 Å². The Morgan fingerprint density at radius 3 is 2.09 bits per heavy atom. The van der Waals surface area contributed by atoms with Crippen molar-refractivity contribution in [1.29, 1.82) is 5.41 Å². The summed E-state index contributed by atoms with van der Waals surface area (Å²) < 4.78 is 0. The fourth-order valence-corrected chi connectivity index (χ4v) is 5.29. The molecule has 5 rings (SSSR count). The molecule has 0 saturated carbocycles. The van der Waals surface area contributed by atoms with E-state index in [2.05, 4.69) is 5.32 Å². The first-order valence-corrected chi connectivity index (χ1v) is 12.2. The van der Waals surface area contributed by atoms with Crippen LogP contribution in [0, 0.1) is 11.3 Å². The summed E-state index contributed by atoms with van der Waals surface area (Å²) in [6.07, 6.45) is 2.21. The van der Waals surface area contributed by atoms with Gasteiger partial charge in [0, 0.05) is 19.6 Å². The van der Waals surface area contributed by atoms with Crippen molar-refractivity contribution in [3.8, 4) is 0 Å². The van der Waals surface area contributed by atoms with Crippen molar-refractivity contribution in [1.82, 2.24) is 15.1 Å². The van der Waals surface area contributed by atoms with Gasteiger partial charge in [-0.3, -0.25) is 19.9 Å². The van der Waals surface area contributed by atoms with E-state index in [4.69, 9.17) is 5.41 Å². The Bertz CT molecular complexity index is 1160. The molecule has 2 aliphatic rings. The minimum absolute atomic E-state index is 0.107. The molecule has 0 aliphatic carbocycles. The molecular weight excluding hydrogens is 436 g/mol. The van der Waals surface area contributed by atoms with E-state index in [0.29, 0.717) is 19.5 Å². The highest BCUT2D eigenvalue weighted by Crippen LogP contribution is 2.36. The van der Waals surface area contributed by atoms with E-state index in [0.717, 1.165) is 36.1 Å². The van der Waals surface area contributed by atoms with Gasteiger partial charge in [0.05, 0.1) is 6.42 Å². The molecular formula is C29H30N4O2. The first-order valence-electron chi connectivity index (χ1n) is 12.2. The van der Waals surface area contributed by atoms with Gasteiger partial charge in [-0.15, -0.1) is 0 Å². The first-order chi connectivity index (χ1) is 17.1. The van der Waals surface area contributed by atoms with Crippen molar-refractivity contribution in [2.45, 2.75) is 24.8 Å². The van der Waals surface area contributed by atoms with Crippen molar-refractivity contribution in [3.05, 3.63) is 108 Å². The molecule has 2 N–H and O–H groups in total. The van der Waals surface area contributed by atoms with E-state index < -0.39 is 5.54 Å². The summed E-state index contributed by atoms with van der Waals surface area (Å²) in [6, 6.07) is 29.0. The molecule has 2 fully saturated rings. The van der Waals surface area contributed by atoms with Crippen LogP contribution in [0.3, 0.4) is 0 Å². The fourth-order valence-electron chi connectivity index (χ4n) is 5.29. The zero-order valence-corrected chi connectivity index (χ0v) is 19.7. The first kappa shape index (κ1) is 22.8. The Labute approximate surface area is 206 Å². The second kappa shape index (κ2) is 9.74. The molecule has 1 atom stereocenters. The molecule has 2 amide bonds. The van der Waals surface area contributed by atoms with Gasteiger partial charge in [0.25, 0.3) is 5.91 Å². The predicted molar refractivity (Wildman–Crippen MR) is 136 cm³/mol. The van der Waals surface area contributed by atoms with Crippen LogP contribution in [0.1, 0.15) is 29.5 Å². The minimum Gasteiger partial charge on any atom is -0.342 e. The van der Waals surface area contributed by atoms with Crippen LogP contribution in [-0.2, 0) is 21.5 Å². The molecule has 1 unspecified atom stereocenters. The Hall–Kier alpha value is -3.93. The van der Waals surface area contributed by atoms with Gasteiger partial charge >= 0.3 is 0 Å². The second-order valence-corrected chi connectivity index (χ2v) is 9.38. The standard InChI is InChI=1S/C29H30N4O2/c30-28-31-29(24-14-6-2-7-15-24,25-16-8-3-9-17-25)27(35)33(28)21-23-13-10-18-32(20-23)26(34)19-22-11-4-1-5-12-22/h1-9,11-12,14-17,23H,10,13,18-21H2,(H2,30,31). The molecule has 0 radical (unpaired) electrons. The zero-order valence-electron chi connectivity index (χ0n) is 19.7. The van der Waals surface area contributed by atoms with Crippen LogP contribution in [0.2, 0.25) is 0 Å². The quantitative estimate of drug-likeness (QED) is 0.581. The van der Waals surface area contributed by atoms with Gasteiger partial charge in [-0.1, -0.05) is 91.0 Å². The summed E-state index contributed by atoms with van der Waals surface area (Å²) in [4.78, 5) is 30.4. The Kier molecular flexibility index (Phi) is 6.36. The molecule has 0 spiro atoms. The molecule has 2 aliphatic heterocycles. The molecule has 0 aromatic heterocycles. The SMILES string of the molecule is N=C1NC(c2ccccc2)(c2ccccc2)C(=O)N1CC1CCCN(C(=O)Cc2ccccc2)C1. The van der Waals surface area contributed by atoms with Gasteiger partial charge in [-0.2, -0.15) is 0 Å². The summed E-state index contributed by atoms with van der Waals surface area (Å²) in [5, 5.41) is 11.9. The van der Waals surface area contributed by atoms with E-state index >= 15 is 0 Å². The van der Waals surface area contributed by atoms with Crippen molar-refractivity contribution in [2.24, 2.45) is 5.92 Å². The van der Waals surface area contributed by atoms with Crippen LogP contribution in [0.5, 0.6) is 0 Å². The molecule has 0 bridgehead atoms. The van der Waals surface area contributed by atoms with Crippen LogP contribution < -0.4 is 5.32 Å². The molecule has 35 heavy (non-hydrogen) atoms. The topological polar surface area (TPSA) is 76.5 Å². The number of hydrogen-bond donors (Lipinski definition) is 2. The smallest absolute Gasteiger partial charge is 0.264 e. The van der Waals surface area contributed by atoms with E-state index in [1.54, 1.807) is 4.90 Å². The lowest BCUT2D eigenvalue weighted by molar-refractivity contribution is -0.133. The van der Waals surface area contributed by atoms with Crippen LogP contribution in [0.15, 0.2) is 91.0 Å². The van der Waals surface area contributed by atoms with Crippen molar-refractivity contribution < 1.29 is 9.59 Å². The Balaban J connectivity index is 1.35. The summed E-state index contributed by atoms with van der Waals surface area (Å²) >= 11 is 0. The molecule has 6 nitrogen and oxygen atoms in total. The third-order valence-corrected chi connectivity index (χ3v) is 7.07. The second-order valence-electron chi connectivity index (χ2n) is 9.38. The van der Waals surface area contributed by atoms with Crippen LogP contribution in [0.25, 0.3) is 0 Å². The number of rotatable bonds is 6. The Morgan fingerprint density at radius 2 is 1.49 bits per heavy atom. The van der Waals surface area contributed by atoms with Gasteiger partial charge in [0.15, 0.2) is 11.5 Å². The van der Waals surface area contributed by atoms with Gasteiger partial charge in [-0.05, 0) is 35.4 Å².